The fourth-order valence-electron chi connectivity index (χ4n) is 3.66. The number of anilines is 1. The third-order valence-electron chi connectivity index (χ3n) is 5.25. The van der Waals surface area contributed by atoms with Crippen LogP contribution in [0.15, 0.2) is 54.6 Å². The molecule has 0 aliphatic heterocycles. The Morgan fingerprint density at radius 3 is 2.43 bits per heavy atom. The van der Waals surface area contributed by atoms with E-state index in [1.54, 1.807) is 45.0 Å². The number of nitrogens with one attached hydrogen (secondary N) is 1. The average molecular weight is 508 g/mol. The Morgan fingerprint density at radius 1 is 1.09 bits per heavy atom. The van der Waals surface area contributed by atoms with Crippen molar-refractivity contribution in [3.63, 3.8) is 0 Å². The van der Waals surface area contributed by atoms with Crippen LogP contribution in [0.4, 0.5) is 5.00 Å². The fourth-order valence-corrected chi connectivity index (χ4v) is 4.88. The molecule has 0 radical (unpaired) electrons. The normalized spacial score (nSPS) is 11.0. The van der Waals surface area contributed by atoms with Gasteiger partial charge in [0.15, 0.2) is 0 Å². The molecule has 0 aliphatic rings. The maximum absolute atomic E-state index is 13.5. The monoisotopic (exact) mass is 507 g/mol. The zero-order valence-electron chi connectivity index (χ0n) is 19.2. The second-order valence-electron chi connectivity index (χ2n) is 8.11. The Morgan fingerprint density at radius 2 is 1.77 bits per heavy atom. The average Bonchev–Trinajstić information content (AvgIpc) is 3.14. The smallest absolute Gasteiger partial charge is 0.348 e. The number of nitrogens with two attached hydrogens (primary N) is 1. The van der Waals surface area contributed by atoms with Crippen molar-refractivity contribution in [1.29, 1.82) is 0 Å². The van der Waals surface area contributed by atoms with Crippen LogP contribution in [-0.4, -0.2) is 28.9 Å². The van der Waals surface area contributed by atoms with Gasteiger partial charge in [0, 0.05) is 16.0 Å². The maximum atomic E-state index is 13.5. The molecule has 0 saturated heterocycles. The molecule has 2 aromatic heterocycles. The molecule has 35 heavy (non-hydrogen) atoms. The number of thiophene rings is 1. The molecule has 2 aromatic carbocycles. The number of pyridine rings is 1. The molecule has 2 amide bonds. The Bertz CT molecular complexity index is 1460. The van der Waals surface area contributed by atoms with Gasteiger partial charge in [-0.1, -0.05) is 41.9 Å². The summed E-state index contributed by atoms with van der Waals surface area (Å²) in [5, 5.41) is 4.19. The molecule has 178 valence electrons. The number of halogens is 1. The summed E-state index contributed by atoms with van der Waals surface area (Å²) >= 11 is 6.97. The number of primary amides is 1. The van der Waals surface area contributed by atoms with Crippen molar-refractivity contribution >= 4 is 56.6 Å². The highest BCUT2D eigenvalue weighted by Crippen LogP contribution is 2.35. The lowest BCUT2D eigenvalue weighted by atomic mass is 10.0. The predicted octanol–water partition coefficient (Wildman–Crippen LogP) is 5.84. The van der Waals surface area contributed by atoms with Crippen LogP contribution in [-0.2, 0) is 4.74 Å². The highest BCUT2D eigenvalue weighted by atomic mass is 35.5. The number of fused-ring (bicyclic) bond motifs is 1. The fraction of sp³-hybridized carbons (Fsp3) is 0.154. The second-order valence-corrected chi connectivity index (χ2v) is 9.57. The van der Waals surface area contributed by atoms with E-state index in [1.165, 1.54) is 0 Å². The third-order valence-corrected chi connectivity index (χ3v) is 6.69. The van der Waals surface area contributed by atoms with Gasteiger partial charge >= 0.3 is 5.97 Å². The number of carbonyl (C=O) groups excluding carboxylic acids is 3. The quantitative estimate of drug-likeness (QED) is 0.318. The third kappa shape index (κ3) is 5.03. The number of para-hydroxylation sites is 1. The number of hydrogen-bond donors (Lipinski definition) is 2. The maximum Gasteiger partial charge on any atom is 0.348 e. The van der Waals surface area contributed by atoms with Gasteiger partial charge in [-0.05, 0) is 50.6 Å². The zero-order valence-corrected chi connectivity index (χ0v) is 20.8. The summed E-state index contributed by atoms with van der Waals surface area (Å²) in [6.45, 7) is 5.06. The number of ether oxygens (including phenoxy) is 1. The highest BCUT2D eigenvalue weighted by molar-refractivity contribution is 7.18. The molecule has 0 spiro atoms. The molecule has 0 saturated carbocycles. The standard InChI is InChI=1S/C26H22ClN3O4S/c1-13(2)34-26(33)22-14(3)21(23(28)31)25(35-22)30-24(32)18-12-20(15-8-10-16(27)11-9-15)29-19-7-5-4-6-17(18)19/h4-13H,1-3H3,(H2,28,31)(H,30,32). The summed E-state index contributed by atoms with van der Waals surface area (Å²) in [5.41, 5.74) is 8.40. The lowest BCUT2D eigenvalue weighted by Gasteiger charge is -2.11. The van der Waals surface area contributed by atoms with E-state index in [0.717, 1.165) is 16.9 Å². The number of carbonyl (C=O) groups is 3. The van der Waals surface area contributed by atoms with Crippen molar-refractivity contribution in [1.82, 2.24) is 4.98 Å². The van der Waals surface area contributed by atoms with E-state index in [-0.39, 0.29) is 21.5 Å². The zero-order chi connectivity index (χ0) is 25.3. The van der Waals surface area contributed by atoms with Crippen molar-refractivity contribution in [2.24, 2.45) is 5.73 Å². The summed E-state index contributed by atoms with van der Waals surface area (Å²) in [6.07, 6.45) is -0.339. The minimum Gasteiger partial charge on any atom is -0.459 e. The van der Waals surface area contributed by atoms with Crippen molar-refractivity contribution in [3.8, 4) is 11.3 Å². The van der Waals surface area contributed by atoms with Crippen LogP contribution in [0.5, 0.6) is 0 Å². The summed E-state index contributed by atoms with van der Waals surface area (Å²) in [7, 11) is 0. The Hall–Kier alpha value is -3.75. The number of aromatic nitrogens is 1. The van der Waals surface area contributed by atoms with E-state index in [9.17, 15) is 14.4 Å². The minimum absolute atomic E-state index is 0.0790. The first-order valence-electron chi connectivity index (χ1n) is 10.8. The van der Waals surface area contributed by atoms with Gasteiger partial charge in [-0.25, -0.2) is 9.78 Å². The van der Waals surface area contributed by atoms with Gasteiger partial charge in [-0.3, -0.25) is 9.59 Å². The minimum atomic E-state index is -0.751. The van der Waals surface area contributed by atoms with E-state index >= 15 is 0 Å². The van der Waals surface area contributed by atoms with Crippen molar-refractivity contribution < 1.29 is 19.1 Å². The summed E-state index contributed by atoms with van der Waals surface area (Å²) in [4.78, 5) is 43.1. The number of hydrogen-bond acceptors (Lipinski definition) is 6. The summed E-state index contributed by atoms with van der Waals surface area (Å²) in [6, 6.07) is 16.1. The molecule has 0 bridgehead atoms. The Balaban J connectivity index is 1.78. The van der Waals surface area contributed by atoms with Crippen LogP contribution in [0.3, 0.4) is 0 Å². The van der Waals surface area contributed by atoms with E-state index in [2.05, 4.69) is 10.3 Å². The SMILES string of the molecule is Cc1c(C(=O)OC(C)C)sc(NC(=O)c2cc(-c3ccc(Cl)cc3)nc3ccccc23)c1C(N)=O. The molecule has 2 heterocycles. The van der Waals surface area contributed by atoms with Crippen LogP contribution in [0.25, 0.3) is 22.2 Å². The summed E-state index contributed by atoms with van der Waals surface area (Å²) < 4.78 is 5.27. The van der Waals surface area contributed by atoms with Gasteiger partial charge in [0.1, 0.15) is 9.88 Å². The van der Waals surface area contributed by atoms with Crippen molar-refractivity contribution in [2.75, 3.05) is 5.32 Å². The van der Waals surface area contributed by atoms with Gasteiger partial charge < -0.3 is 15.8 Å². The predicted molar refractivity (Wildman–Crippen MR) is 138 cm³/mol. The van der Waals surface area contributed by atoms with Gasteiger partial charge in [-0.2, -0.15) is 0 Å². The molecular weight excluding hydrogens is 486 g/mol. The van der Waals surface area contributed by atoms with E-state index in [0.29, 0.717) is 32.7 Å². The van der Waals surface area contributed by atoms with Gasteiger partial charge in [0.05, 0.1) is 28.4 Å². The van der Waals surface area contributed by atoms with Crippen molar-refractivity contribution in [3.05, 3.63) is 81.2 Å². The number of amides is 2. The first kappa shape index (κ1) is 24.4. The topological polar surface area (TPSA) is 111 Å². The molecule has 0 unspecified atom stereocenters. The molecule has 4 rings (SSSR count). The number of nitrogens with zero attached hydrogens (tertiary/aromatic N) is 1. The molecular formula is C26H22ClN3O4S. The van der Waals surface area contributed by atoms with Crippen LogP contribution in [0.1, 0.15) is 49.8 Å². The number of benzene rings is 2. The van der Waals surface area contributed by atoms with Crippen LogP contribution >= 0.6 is 22.9 Å². The molecule has 4 aromatic rings. The molecule has 7 nitrogen and oxygen atoms in total. The largest absolute Gasteiger partial charge is 0.459 e. The lowest BCUT2D eigenvalue weighted by Crippen LogP contribution is -2.18. The van der Waals surface area contributed by atoms with E-state index in [1.807, 2.05) is 30.3 Å². The number of esters is 1. The molecule has 9 heteroatoms. The van der Waals surface area contributed by atoms with Crippen molar-refractivity contribution in [2.45, 2.75) is 26.9 Å². The Labute approximate surface area is 210 Å². The van der Waals surface area contributed by atoms with Gasteiger partial charge in [0.25, 0.3) is 11.8 Å². The van der Waals surface area contributed by atoms with E-state index < -0.39 is 17.8 Å². The number of rotatable bonds is 6. The first-order valence-corrected chi connectivity index (χ1v) is 12.0. The van der Waals surface area contributed by atoms with Gasteiger partial charge in [0.2, 0.25) is 0 Å². The van der Waals surface area contributed by atoms with Crippen LogP contribution < -0.4 is 11.1 Å². The second kappa shape index (κ2) is 9.85. The molecule has 0 atom stereocenters. The Kier molecular flexibility index (Phi) is 6.86. The highest BCUT2D eigenvalue weighted by Gasteiger charge is 2.26. The summed E-state index contributed by atoms with van der Waals surface area (Å²) in [5.74, 6) is -1.80. The molecule has 0 fully saturated rings. The lowest BCUT2D eigenvalue weighted by molar-refractivity contribution is 0.0383. The van der Waals surface area contributed by atoms with Crippen LogP contribution in [0, 0.1) is 6.92 Å². The van der Waals surface area contributed by atoms with Gasteiger partial charge in [-0.15, -0.1) is 11.3 Å². The van der Waals surface area contributed by atoms with E-state index in [4.69, 9.17) is 22.1 Å². The molecule has 0 aliphatic carbocycles. The van der Waals surface area contributed by atoms with Crippen LogP contribution in [0.2, 0.25) is 5.02 Å². The first-order chi connectivity index (χ1) is 16.7. The molecule has 3 N–H and O–H groups in total.